The largest absolute Gasteiger partial charge is 0.508 e. The fourth-order valence-corrected chi connectivity index (χ4v) is 2.89. The Morgan fingerprint density at radius 3 is 2.61 bits per heavy atom. The van der Waals surface area contributed by atoms with Crippen molar-refractivity contribution in [2.75, 3.05) is 7.11 Å². The van der Waals surface area contributed by atoms with Crippen LogP contribution >= 0.6 is 0 Å². The van der Waals surface area contributed by atoms with Gasteiger partial charge in [0.25, 0.3) is 5.91 Å². The predicted molar refractivity (Wildman–Crippen MR) is 102 cm³/mol. The summed E-state index contributed by atoms with van der Waals surface area (Å²) in [4.78, 5) is 35.8. The van der Waals surface area contributed by atoms with Crippen molar-refractivity contribution in [1.29, 1.82) is 0 Å². The summed E-state index contributed by atoms with van der Waals surface area (Å²) < 4.78 is 6.53. The number of rotatable bonds is 4. The van der Waals surface area contributed by atoms with Gasteiger partial charge in [0.05, 0.1) is 12.8 Å². The molecule has 0 bridgehead atoms. The molecule has 0 fully saturated rings. The summed E-state index contributed by atoms with van der Waals surface area (Å²) in [6, 6.07) is 13.0. The van der Waals surface area contributed by atoms with E-state index in [-0.39, 0.29) is 28.4 Å². The van der Waals surface area contributed by atoms with Crippen LogP contribution in [0.3, 0.4) is 0 Å². The molecule has 9 heteroatoms. The van der Waals surface area contributed by atoms with Crippen LogP contribution in [-0.2, 0) is 0 Å². The number of amides is 1. The average Bonchev–Trinajstić information content (AvgIpc) is 3.03. The van der Waals surface area contributed by atoms with Crippen LogP contribution in [0.25, 0.3) is 28.2 Å². The summed E-state index contributed by atoms with van der Waals surface area (Å²) in [7, 11) is 1.52. The van der Waals surface area contributed by atoms with Gasteiger partial charge in [-0.15, -0.1) is 0 Å². The highest BCUT2D eigenvalue weighted by Crippen LogP contribution is 2.24. The number of hydrogen-bond acceptors (Lipinski definition) is 6. The van der Waals surface area contributed by atoms with Crippen molar-refractivity contribution in [3.8, 4) is 28.6 Å². The van der Waals surface area contributed by atoms with E-state index in [1.165, 1.54) is 23.8 Å². The number of ether oxygens (including phenoxy) is 1. The lowest BCUT2D eigenvalue weighted by Crippen LogP contribution is -2.15. The van der Waals surface area contributed by atoms with Crippen LogP contribution in [0.1, 0.15) is 10.5 Å². The Bertz CT molecular complexity index is 1260. The van der Waals surface area contributed by atoms with Crippen molar-refractivity contribution in [3.63, 3.8) is 0 Å². The number of fused-ring (bicyclic) bond motifs is 1. The number of aromatic hydroxyl groups is 1. The van der Waals surface area contributed by atoms with E-state index in [0.29, 0.717) is 17.0 Å². The highest BCUT2D eigenvalue weighted by Gasteiger charge is 2.20. The van der Waals surface area contributed by atoms with Gasteiger partial charge in [-0.1, -0.05) is 6.07 Å². The van der Waals surface area contributed by atoms with Gasteiger partial charge in [0.1, 0.15) is 17.0 Å². The minimum absolute atomic E-state index is 0.0786. The molecule has 28 heavy (non-hydrogen) atoms. The number of carbonyl (C=O) groups is 1. The SMILES string of the molecule is COc1cccc(-n2c(=O)[nH]c3c(C(N)=O)nc(-c4ccc(O)cc4)nc32)c1. The van der Waals surface area contributed by atoms with Gasteiger partial charge >= 0.3 is 5.69 Å². The number of phenolic OH excluding ortho intramolecular Hbond substituents is 1. The average molecular weight is 377 g/mol. The Morgan fingerprint density at radius 2 is 1.93 bits per heavy atom. The van der Waals surface area contributed by atoms with Crippen LogP contribution in [0.15, 0.2) is 53.3 Å². The fourth-order valence-electron chi connectivity index (χ4n) is 2.89. The first-order chi connectivity index (χ1) is 13.5. The lowest BCUT2D eigenvalue weighted by atomic mass is 10.2. The maximum absolute atomic E-state index is 12.6. The van der Waals surface area contributed by atoms with Crippen molar-refractivity contribution >= 4 is 17.1 Å². The minimum Gasteiger partial charge on any atom is -0.508 e. The van der Waals surface area contributed by atoms with Crippen molar-refractivity contribution in [1.82, 2.24) is 19.5 Å². The van der Waals surface area contributed by atoms with E-state index in [1.54, 1.807) is 36.4 Å². The second-order valence-corrected chi connectivity index (χ2v) is 5.97. The Kier molecular flexibility index (Phi) is 4.04. The van der Waals surface area contributed by atoms with Gasteiger partial charge in [0.2, 0.25) is 0 Å². The molecule has 2 heterocycles. The highest BCUT2D eigenvalue weighted by atomic mass is 16.5. The van der Waals surface area contributed by atoms with Crippen LogP contribution in [-0.4, -0.2) is 37.6 Å². The Hall–Kier alpha value is -4.14. The molecule has 0 saturated heterocycles. The van der Waals surface area contributed by atoms with E-state index in [2.05, 4.69) is 15.0 Å². The molecule has 0 aliphatic heterocycles. The van der Waals surface area contributed by atoms with Crippen LogP contribution in [0.4, 0.5) is 0 Å². The molecule has 140 valence electrons. The molecule has 0 atom stereocenters. The number of phenols is 1. The molecule has 0 unspecified atom stereocenters. The van der Waals surface area contributed by atoms with Crippen LogP contribution < -0.4 is 16.2 Å². The molecule has 0 saturated carbocycles. The van der Waals surface area contributed by atoms with Crippen molar-refractivity contribution in [3.05, 3.63) is 64.7 Å². The standard InChI is InChI=1S/C19H15N5O4/c1-28-13-4-2-3-11(9-13)24-18-15(22-19(24)27)14(16(20)26)21-17(23-18)10-5-7-12(25)8-6-10/h2-9,25H,1H3,(H2,20,26)(H,22,27). The Morgan fingerprint density at radius 1 is 1.18 bits per heavy atom. The molecule has 4 aromatic rings. The molecular formula is C19H15N5O4. The molecule has 0 radical (unpaired) electrons. The summed E-state index contributed by atoms with van der Waals surface area (Å²) in [5.74, 6) is 0.0278. The zero-order valence-corrected chi connectivity index (χ0v) is 14.7. The molecule has 0 aliphatic carbocycles. The molecular weight excluding hydrogens is 362 g/mol. The van der Waals surface area contributed by atoms with Crippen LogP contribution in [0, 0.1) is 0 Å². The summed E-state index contributed by atoms with van der Waals surface area (Å²) in [6.45, 7) is 0. The van der Waals surface area contributed by atoms with Gasteiger partial charge in [-0.25, -0.2) is 19.3 Å². The zero-order chi connectivity index (χ0) is 19.8. The molecule has 1 amide bonds. The third kappa shape index (κ3) is 2.84. The second kappa shape index (κ2) is 6.54. The van der Waals surface area contributed by atoms with Crippen molar-refractivity contribution in [2.45, 2.75) is 0 Å². The number of hydrogen-bond donors (Lipinski definition) is 3. The van der Waals surface area contributed by atoms with Gasteiger partial charge in [0, 0.05) is 11.6 Å². The summed E-state index contributed by atoms with van der Waals surface area (Å²) >= 11 is 0. The van der Waals surface area contributed by atoms with Gasteiger partial charge < -0.3 is 20.6 Å². The van der Waals surface area contributed by atoms with E-state index in [1.807, 2.05) is 0 Å². The summed E-state index contributed by atoms with van der Waals surface area (Å²) in [5.41, 5.74) is 6.26. The number of primary amides is 1. The number of aromatic nitrogens is 4. The zero-order valence-electron chi connectivity index (χ0n) is 14.7. The molecule has 4 rings (SSSR count). The van der Waals surface area contributed by atoms with Gasteiger partial charge in [-0.05, 0) is 36.4 Å². The highest BCUT2D eigenvalue weighted by molar-refractivity contribution is 6.02. The number of benzene rings is 2. The number of nitrogens with one attached hydrogen (secondary N) is 1. The van der Waals surface area contributed by atoms with E-state index in [0.717, 1.165) is 0 Å². The molecule has 2 aromatic heterocycles. The maximum Gasteiger partial charge on any atom is 0.332 e. The number of aromatic amines is 1. The summed E-state index contributed by atoms with van der Waals surface area (Å²) in [6.07, 6.45) is 0. The van der Waals surface area contributed by atoms with E-state index in [4.69, 9.17) is 10.5 Å². The Balaban J connectivity index is 2.04. The van der Waals surface area contributed by atoms with Crippen molar-refractivity contribution in [2.24, 2.45) is 5.73 Å². The Labute approximate surface area is 158 Å². The van der Waals surface area contributed by atoms with E-state index in [9.17, 15) is 14.7 Å². The van der Waals surface area contributed by atoms with E-state index >= 15 is 0 Å². The van der Waals surface area contributed by atoms with Crippen LogP contribution in [0.2, 0.25) is 0 Å². The first kappa shape index (κ1) is 17.3. The maximum atomic E-state index is 12.6. The first-order valence-electron chi connectivity index (χ1n) is 8.24. The fraction of sp³-hybridized carbons (Fsp3) is 0.0526. The molecule has 0 aliphatic rings. The third-order valence-electron chi connectivity index (χ3n) is 4.21. The quantitative estimate of drug-likeness (QED) is 0.494. The minimum atomic E-state index is -0.800. The number of carbonyl (C=O) groups excluding carboxylic acids is 1. The number of methoxy groups -OCH3 is 1. The van der Waals surface area contributed by atoms with Gasteiger partial charge in [0.15, 0.2) is 17.2 Å². The first-order valence-corrected chi connectivity index (χ1v) is 8.24. The van der Waals surface area contributed by atoms with Crippen molar-refractivity contribution < 1.29 is 14.6 Å². The van der Waals surface area contributed by atoms with Crippen LogP contribution in [0.5, 0.6) is 11.5 Å². The van der Waals surface area contributed by atoms with Gasteiger partial charge in [-0.3, -0.25) is 4.79 Å². The normalized spacial score (nSPS) is 10.9. The molecule has 0 spiro atoms. The number of H-pyrrole nitrogens is 1. The lowest BCUT2D eigenvalue weighted by molar-refractivity contribution is 0.0997. The van der Waals surface area contributed by atoms with E-state index < -0.39 is 11.6 Å². The lowest BCUT2D eigenvalue weighted by Gasteiger charge is -2.08. The summed E-state index contributed by atoms with van der Waals surface area (Å²) in [5, 5.41) is 9.49. The molecule has 2 aromatic carbocycles. The smallest absolute Gasteiger partial charge is 0.332 e. The third-order valence-corrected chi connectivity index (χ3v) is 4.21. The predicted octanol–water partition coefficient (Wildman–Crippen LogP) is 1.59. The second-order valence-electron chi connectivity index (χ2n) is 5.97. The number of nitrogens with zero attached hydrogens (tertiary/aromatic N) is 3. The molecule has 9 nitrogen and oxygen atoms in total. The van der Waals surface area contributed by atoms with Gasteiger partial charge in [-0.2, -0.15) is 0 Å². The monoisotopic (exact) mass is 377 g/mol. The number of imidazole rings is 1. The topological polar surface area (TPSA) is 136 Å². The molecule has 4 N–H and O–H groups in total. The number of nitrogens with two attached hydrogens (primary N) is 1.